The summed E-state index contributed by atoms with van der Waals surface area (Å²) in [5.74, 6) is 4.64. The highest BCUT2D eigenvalue weighted by Gasteiger charge is 2.17. The molecule has 1 aromatic rings. The third kappa shape index (κ3) is 3.74. The van der Waals surface area contributed by atoms with Crippen molar-refractivity contribution in [2.75, 3.05) is 13.6 Å². The second-order valence-electron chi connectivity index (χ2n) is 5.11. The Kier molecular flexibility index (Phi) is 4.86. The first-order valence-corrected chi connectivity index (χ1v) is 6.82. The molecule has 2 rings (SSSR count). The number of nitrogens with one attached hydrogen (secondary N) is 1. The van der Waals surface area contributed by atoms with Gasteiger partial charge in [-0.05, 0) is 19.9 Å². The van der Waals surface area contributed by atoms with Crippen molar-refractivity contribution in [1.29, 1.82) is 0 Å². The maximum absolute atomic E-state index is 11.2. The van der Waals surface area contributed by atoms with E-state index < -0.39 is 5.91 Å². The maximum Gasteiger partial charge on any atom is 0.287 e. The molecule has 0 radical (unpaired) electrons. The Morgan fingerprint density at radius 1 is 1.53 bits per heavy atom. The van der Waals surface area contributed by atoms with Gasteiger partial charge in [0, 0.05) is 12.6 Å². The van der Waals surface area contributed by atoms with Crippen molar-refractivity contribution in [2.45, 2.75) is 44.7 Å². The lowest BCUT2D eigenvalue weighted by Gasteiger charge is -2.30. The summed E-state index contributed by atoms with van der Waals surface area (Å²) in [5.41, 5.74) is 2.30. The fraction of sp³-hybridized carbons (Fsp3) is 0.750. The summed E-state index contributed by atoms with van der Waals surface area (Å²) in [6.07, 6.45) is 8.23. The fourth-order valence-electron chi connectivity index (χ4n) is 2.55. The molecule has 3 N–H and O–H groups in total. The topological polar surface area (TPSA) is 89.1 Å². The van der Waals surface area contributed by atoms with Crippen LogP contribution in [0.1, 0.15) is 42.6 Å². The molecule has 1 fully saturated rings. The van der Waals surface area contributed by atoms with Crippen LogP contribution in [0.2, 0.25) is 0 Å². The molecule has 19 heavy (non-hydrogen) atoms. The predicted octanol–water partition coefficient (Wildman–Crippen LogP) is 0.146. The van der Waals surface area contributed by atoms with Crippen molar-refractivity contribution < 1.29 is 4.79 Å². The molecular weight excluding hydrogens is 244 g/mol. The predicted molar refractivity (Wildman–Crippen MR) is 71.2 cm³/mol. The zero-order chi connectivity index (χ0) is 13.7. The van der Waals surface area contributed by atoms with E-state index in [-0.39, 0.29) is 5.69 Å². The molecule has 1 aliphatic carbocycles. The number of nitrogen functional groups attached to an aromatic ring is 1. The largest absolute Gasteiger partial charge is 0.302 e. The van der Waals surface area contributed by atoms with Crippen molar-refractivity contribution in [3.8, 4) is 0 Å². The molecule has 1 heterocycles. The molecular formula is C12H22N6O. The number of carbonyl (C=O) groups excluding carboxylic acids is 1. The number of nitrogens with zero attached hydrogens (tertiary/aromatic N) is 4. The number of aromatic nitrogens is 3. The van der Waals surface area contributed by atoms with E-state index in [0.29, 0.717) is 6.04 Å². The van der Waals surface area contributed by atoms with Gasteiger partial charge in [0.05, 0.1) is 12.7 Å². The smallest absolute Gasteiger partial charge is 0.287 e. The minimum Gasteiger partial charge on any atom is -0.302 e. The minimum absolute atomic E-state index is 0.253. The average Bonchev–Trinajstić information content (AvgIpc) is 2.93. The minimum atomic E-state index is -0.410. The van der Waals surface area contributed by atoms with Gasteiger partial charge >= 0.3 is 0 Å². The Morgan fingerprint density at radius 2 is 2.26 bits per heavy atom. The highest BCUT2D eigenvalue weighted by molar-refractivity contribution is 5.91. The van der Waals surface area contributed by atoms with E-state index in [1.807, 2.05) is 5.43 Å². The molecule has 0 unspecified atom stereocenters. The average molecular weight is 266 g/mol. The van der Waals surface area contributed by atoms with Crippen LogP contribution in [0, 0.1) is 0 Å². The first-order valence-electron chi connectivity index (χ1n) is 6.82. The van der Waals surface area contributed by atoms with E-state index in [1.165, 1.54) is 32.1 Å². The number of rotatable bonds is 5. The Morgan fingerprint density at radius 3 is 2.95 bits per heavy atom. The molecule has 0 aliphatic heterocycles. The summed E-state index contributed by atoms with van der Waals surface area (Å²) >= 11 is 0. The summed E-state index contributed by atoms with van der Waals surface area (Å²) in [7, 11) is 2.15. The number of carbonyl (C=O) groups is 1. The van der Waals surface area contributed by atoms with Crippen molar-refractivity contribution in [1.82, 2.24) is 25.3 Å². The number of amides is 1. The Bertz CT molecular complexity index is 412. The van der Waals surface area contributed by atoms with Crippen LogP contribution < -0.4 is 11.3 Å². The summed E-state index contributed by atoms with van der Waals surface area (Å²) in [6.45, 7) is 1.65. The Balaban J connectivity index is 1.81. The van der Waals surface area contributed by atoms with Gasteiger partial charge in [-0.25, -0.2) is 5.84 Å². The highest BCUT2D eigenvalue weighted by Crippen LogP contribution is 2.21. The van der Waals surface area contributed by atoms with Gasteiger partial charge < -0.3 is 4.90 Å². The molecule has 1 amide bonds. The molecule has 7 nitrogen and oxygen atoms in total. The molecule has 0 spiro atoms. The number of nitrogens with two attached hydrogens (primary N) is 1. The lowest BCUT2D eigenvalue weighted by atomic mass is 9.94. The SMILES string of the molecule is CN(CCn1cc(C(=O)NN)nn1)C1CCCCC1. The van der Waals surface area contributed by atoms with E-state index >= 15 is 0 Å². The number of hydrazine groups is 1. The fourth-order valence-corrected chi connectivity index (χ4v) is 2.55. The normalized spacial score (nSPS) is 16.8. The molecule has 106 valence electrons. The van der Waals surface area contributed by atoms with Gasteiger partial charge in [-0.3, -0.25) is 14.9 Å². The molecule has 0 saturated heterocycles. The van der Waals surface area contributed by atoms with E-state index in [0.717, 1.165) is 13.1 Å². The van der Waals surface area contributed by atoms with E-state index in [2.05, 4.69) is 22.3 Å². The molecule has 0 aromatic carbocycles. The van der Waals surface area contributed by atoms with Gasteiger partial charge in [0.25, 0.3) is 5.91 Å². The van der Waals surface area contributed by atoms with Gasteiger partial charge in [0.2, 0.25) is 0 Å². The molecule has 0 bridgehead atoms. The lowest BCUT2D eigenvalue weighted by molar-refractivity contribution is 0.0948. The van der Waals surface area contributed by atoms with Gasteiger partial charge in [-0.2, -0.15) is 0 Å². The summed E-state index contributed by atoms with van der Waals surface area (Å²) in [5, 5.41) is 7.71. The zero-order valence-electron chi connectivity index (χ0n) is 11.4. The van der Waals surface area contributed by atoms with E-state index in [4.69, 9.17) is 5.84 Å². The van der Waals surface area contributed by atoms with Gasteiger partial charge in [-0.1, -0.05) is 24.5 Å². The Hall–Kier alpha value is -1.47. The molecule has 1 aromatic heterocycles. The van der Waals surface area contributed by atoms with E-state index in [9.17, 15) is 4.79 Å². The van der Waals surface area contributed by atoms with Crippen LogP contribution in [0.25, 0.3) is 0 Å². The molecule has 1 saturated carbocycles. The van der Waals surface area contributed by atoms with E-state index in [1.54, 1.807) is 10.9 Å². The third-order valence-corrected chi connectivity index (χ3v) is 3.78. The summed E-state index contributed by atoms with van der Waals surface area (Å²) < 4.78 is 1.68. The van der Waals surface area contributed by atoms with Crippen LogP contribution in [-0.4, -0.2) is 45.4 Å². The lowest BCUT2D eigenvalue weighted by Crippen LogP contribution is -2.35. The van der Waals surface area contributed by atoms with Crippen molar-refractivity contribution in [3.05, 3.63) is 11.9 Å². The molecule has 7 heteroatoms. The van der Waals surface area contributed by atoms with Crippen LogP contribution in [0.15, 0.2) is 6.20 Å². The third-order valence-electron chi connectivity index (χ3n) is 3.78. The van der Waals surface area contributed by atoms with Gasteiger partial charge in [0.1, 0.15) is 0 Å². The second-order valence-corrected chi connectivity index (χ2v) is 5.11. The van der Waals surface area contributed by atoms with Crippen LogP contribution in [0.3, 0.4) is 0 Å². The van der Waals surface area contributed by atoms with Crippen LogP contribution in [0.4, 0.5) is 0 Å². The quantitative estimate of drug-likeness (QED) is 0.450. The van der Waals surface area contributed by atoms with Crippen LogP contribution >= 0.6 is 0 Å². The zero-order valence-corrected chi connectivity index (χ0v) is 11.4. The van der Waals surface area contributed by atoms with Crippen molar-refractivity contribution in [3.63, 3.8) is 0 Å². The van der Waals surface area contributed by atoms with Crippen molar-refractivity contribution in [2.24, 2.45) is 5.84 Å². The number of likely N-dealkylation sites (N-methyl/N-ethyl adjacent to an activating group) is 1. The van der Waals surface area contributed by atoms with Crippen LogP contribution in [-0.2, 0) is 6.54 Å². The van der Waals surface area contributed by atoms with Crippen LogP contribution in [0.5, 0.6) is 0 Å². The second kappa shape index (κ2) is 6.63. The number of hydrogen-bond acceptors (Lipinski definition) is 5. The number of hydrogen-bond donors (Lipinski definition) is 2. The first kappa shape index (κ1) is 14.0. The van der Waals surface area contributed by atoms with Gasteiger partial charge in [0.15, 0.2) is 5.69 Å². The summed E-state index contributed by atoms with van der Waals surface area (Å²) in [4.78, 5) is 13.6. The Labute approximate surface area is 113 Å². The monoisotopic (exact) mass is 266 g/mol. The highest BCUT2D eigenvalue weighted by atomic mass is 16.2. The molecule has 0 atom stereocenters. The molecule has 1 aliphatic rings. The first-order chi connectivity index (χ1) is 9.20. The standard InChI is InChI=1S/C12H22N6O/c1-17(10-5-3-2-4-6-10)7-8-18-9-11(15-16-18)12(19)14-13/h9-10H,2-8,13H2,1H3,(H,14,19). The maximum atomic E-state index is 11.2. The summed E-state index contributed by atoms with van der Waals surface area (Å²) in [6, 6.07) is 0.684. The van der Waals surface area contributed by atoms with Crippen molar-refractivity contribution >= 4 is 5.91 Å². The van der Waals surface area contributed by atoms with Gasteiger partial charge in [-0.15, -0.1) is 5.10 Å².